The summed E-state index contributed by atoms with van der Waals surface area (Å²) in [6, 6.07) is 3.17. The third-order valence-electron chi connectivity index (χ3n) is 2.28. The van der Waals surface area contributed by atoms with E-state index in [0.29, 0.717) is 6.54 Å². The molecular weight excluding hydrogens is 204 g/mol. The van der Waals surface area contributed by atoms with Crippen molar-refractivity contribution in [1.29, 1.82) is 0 Å². The van der Waals surface area contributed by atoms with Gasteiger partial charge in [-0.25, -0.2) is 0 Å². The summed E-state index contributed by atoms with van der Waals surface area (Å²) in [5.41, 5.74) is 6.45. The number of nitrogens with one attached hydrogen (secondary N) is 1. The van der Waals surface area contributed by atoms with Crippen LogP contribution in [0.4, 0.5) is 0 Å². The lowest BCUT2D eigenvalue weighted by Gasteiger charge is -2.10. The van der Waals surface area contributed by atoms with E-state index in [-0.39, 0.29) is 5.91 Å². The molecule has 1 aromatic rings. The van der Waals surface area contributed by atoms with Crippen LogP contribution in [0.3, 0.4) is 0 Å². The van der Waals surface area contributed by atoms with E-state index in [1.165, 1.54) is 0 Å². The standard InChI is InChI=1S/C11H18N4O/c1-2-3-6-10(12)11(16)13-8-9-5-4-7-14-15-9/h4-5,7,10H,2-3,6,8,12H2,1H3,(H,13,16)/t10-/m0/s1. The van der Waals surface area contributed by atoms with Gasteiger partial charge in [-0.15, -0.1) is 0 Å². The van der Waals surface area contributed by atoms with Gasteiger partial charge in [-0.2, -0.15) is 10.2 Å². The van der Waals surface area contributed by atoms with Crippen LogP contribution in [0, 0.1) is 0 Å². The molecule has 5 nitrogen and oxygen atoms in total. The van der Waals surface area contributed by atoms with Crippen LogP contribution >= 0.6 is 0 Å². The molecule has 1 aromatic heterocycles. The van der Waals surface area contributed by atoms with Crippen LogP contribution in [0.15, 0.2) is 18.3 Å². The Morgan fingerprint density at radius 3 is 3.06 bits per heavy atom. The summed E-state index contributed by atoms with van der Waals surface area (Å²) < 4.78 is 0. The van der Waals surface area contributed by atoms with E-state index >= 15 is 0 Å². The summed E-state index contributed by atoms with van der Waals surface area (Å²) in [5.74, 6) is -0.126. The van der Waals surface area contributed by atoms with Crippen molar-refractivity contribution in [3.63, 3.8) is 0 Å². The van der Waals surface area contributed by atoms with Gasteiger partial charge in [0, 0.05) is 6.20 Å². The van der Waals surface area contributed by atoms with E-state index in [9.17, 15) is 4.79 Å². The lowest BCUT2D eigenvalue weighted by molar-refractivity contribution is -0.122. The first-order chi connectivity index (χ1) is 7.74. The highest BCUT2D eigenvalue weighted by Gasteiger charge is 2.11. The number of amides is 1. The molecular formula is C11H18N4O. The van der Waals surface area contributed by atoms with Crippen LogP contribution in [0.1, 0.15) is 31.9 Å². The van der Waals surface area contributed by atoms with E-state index < -0.39 is 6.04 Å². The summed E-state index contributed by atoms with van der Waals surface area (Å²) in [6.07, 6.45) is 4.34. The minimum Gasteiger partial charge on any atom is -0.349 e. The Labute approximate surface area is 95.4 Å². The van der Waals surface area contributed by atoms with Gasteiger partial charge in [0.25, 0.3) is 0 Å². The maximum atomic E-state index is 11.5. The fourth-order valence-electron chi connectivity index (χ4n) is 1.29. The zero-order valence-corrected chi connectivity index (χ0v) is 9.52. The Morgan fingerprint density at radius 2 is 2.44 bits per heavy atom. The first-order valence-electron chi connectivity index (χ1n) is 5.54. The zero-order chi connectivity index (χ0) is 11.8. The Kier molecular flexibility index (Phi) is 5.42. The maximum Gasteiger partial charge on any atom is 0.237 e. The monoisotopic (exact) mass is 222 g/mol. The van der Waals surface area contributed by atoms with Crippen LogP contribution < -0.4 is 11.1 Å². The highest BCUT2D eigenvalue weighted by atomic mass is 16.2. The van der Waals surface area contributed by atoms with Crippen LogP contribution in [0.5, 0.6) is 0 Å². The van der Waals surface area contributed by atoms with Crippen molar-refractivity contribution in [3.8, 4) is 0 Å². The first kappa shape index (κ1) is 12.6. The number of nitrogens with two attached hydrogens (primary N) is 1. The molecule has 0 saturated carbocycles. The Hall–Kier alpha value is -1.49. The second kappa shape index (κ2) is 6.90. The van der Waals surface area contributed by atoms with E-state index in [2.05, 4.69) is 22.4 Å². The van der Waals surface area contributed by atoms with Crippen LogP contribution in [-0.4, -0.2) is 22.1 Å². The van der Waals surface area contributed by atoms with Gasteiger partial charge in [0.15, 0.2) is 0 Å². The smallest absolute Gasteiger partial charge is 0.237 e. The topological polar surface area (TPSA) is 80.9 Å². The predicted octanol–water partition coefficient (Wildman–Crippen LogP) is 0.610. The molecule has 16 heavy (non-hydrogen) atoms. The molecule has 0 unspecified atom stereocenters. The zero-order valence-electron chi connectivity index (χ0n) is 9.52. The highest BCUT2D eigenvalue weighted by Crippen LogP contribution is 1.98. The molecule has 1 atom stereocenters. The van der Waals surface area contributed by atoms with Gasteiger partial charge in [-0.1, -0.05) is 19.8 Å². The van der Waals surface area contributed by atoms with Crippen LogP contribution in [0.2, 0.25) is 0 Å². The van der Waals surface area contributed by atoms with Crippen LogP contribution in [0.25, 0.3) is 0 Å². The Balaban J connectivity index is 2.29. The van der Waals surface area contributed by atoms with Crippen molar-refractivity contribution >= 4 is 5.91 Å². The van der Waals surface area contributed by atoms with Crippen molar-refractivity contribution < 1.29 is 4.79 Å². The number of hydrogen-bond acceptors (Lipinski definition) is 4. The number of carbonyl (C=O) groups is 1. The summed E-state index contributed by atoms with van der Waals surface area (Å²) in [4.78, 5) is 11.5. The lowest BCUT2D eigenvalue weighted by Crippen LogP contribution is -2.40. The third-order valence-corrected chi connectivity index (χ3v) is 2.28. The van der Waals surface area contributed by atoms with E-state index in [0.717, 1.165) is 25.0 Å². The highest BCUT2D eigenvalue weighted by molar-refractivity contribution is 5.81. The molecule has 1 rings (SSSR count). The molecule has 0 fully saturated rings. The molecule has 0 spiro atoms. The minimum absolute atomic E-state index is 0.126. The van der Waals surface area contributed by atoms with Gasteiger partial charge < -0.3 is 11.1 Å². The molecule has 1 heterocycles. The van der Waals surface area contributed by atoms with Crippen LogP contribution in [-0.2, 0) is 11.3 Å². The summed E-state index contributed by atoms with van der Waals surface area (Å²) >= 11 is 0. The average Bonchev–Trinajstić information content (AvgIpc) is 2.34. The van der Waals surface area contributed by atoms with Gasteiger partial charge in [0.05, 0.1) is 18.3 Å². The summed E-state index contributed by atoms with van der Waals surface area (Å²) in [5, 5.41) is 10.3. The molecule has 0 saturated heterocycles. The molecule has 0 aliphatic carbocycles. The van der Waals surface area contributed by atoms with Crippen molar-refractivity contribution in [2.75, 3.05) is 0 Å². The fraction of sp³-hybridized carbons (Fsp3) is 0.545. The van der Waals surface area contributed by atoms with E-state index in [4.69, 9.17) is 5.73 Å². The molecule has 0 radical (unpaired) electrons. The van der Waals surface area contributed by atoms with Gasteiger partial charge in [-0.05, 0) is 18.6 Å². The number of rotatable bonds is 6. The number of hydrogen-bond donors (Lipinski definition) is 2. The normalized spacial score (nSPS) is 12.1. The van der Waals surface area contributed by atoms with Crippen molar-refractivity contribution in [3.05, 3.63) is 24.0 Å². The second-order valence-corrected chi connectivity index (χ2v) is 3.68. The third kappa shape index (κ3) is 4.35. The maximum absolute atomic E-state index is 11.5. The number of aromatic nitrogens is 2. The van der Waals surface area contributed by atoms with Gasteiger partial charge in [0.1, 0.15) is 0 Å². The largest absolute Gasteiger partial charge is 0.349 e. The Morgan fingerprint density at radius 1 is 1.62 bits per heavy atom. The molecule has 88 valence electrons. The summed E-state index contributed by atoms with van der Waals surface area (Å²) in [7, 11) is 0. The average molecular weight is 222 g/mol. The summed E-state index contributed by atoms with van der Waals surface area (Å²) in [6.45, 7) is 2.46. The number of carbonyl (C=O) groups excluding carboxylic acids is 1. The number of unbranched alkanes of at least 4 members (excludes halogenated alkanes) is 1. The fourth-order valence-corrected chi connectivity index (χ4v) is 1.29. The van der Waals surface area contributed by atoms with Crippen molar-refractivity contribution in [2.45, 2.75) is 38.8 Å². The van der Waals surface area contributed by atoms with Gasteiger partial charge in [-0.3, -0.25) is 4.79 Å². The SMILES string of the molecule is CCCC[C@H](N)C(=O)NCc1cccnn1. The predicted molar refractivity (Wildman–Crippen MR) is 61.4 cm³/mol. The van der Waals surface area contributed by atoms with E-state index in [1.54, 1.807) is 12.3 Å². The van der Waals surface area contributed by atoms with E-state index in [1.807, 2.05) is 6.07 Å². The molecule has 1 amide bonds. The van der Waals surface area contributed by atoms with Crippen molar-refractivity contribution in [2.24, 2.45) is 5.73 Å². The molecule has 0 bridgehead atoms. The number of nitrogens with zero attached hydrogens (tertiary/aromatic N) is 2. The Bertz CT molecular complexity index is 315. The minimum atomic E-state index is -0.420. The quantitative estimate of drug-likeness (QED) is 0.739. The molecule has 0 aliphatic heterocycles. The lowest BCUT2D eigenvalue weighted by atomic mass is 10.1. The molecule has 0 aliphatic rings. The van der Waals surface area contributed by atoms with Crippen molar-refractivity contribution in [1.82, 2.24) is 15.5 Å². The molecule has 3 N–H and O–H groups in total. The first-order valence-corrected chi connectivity index (χ1v) is 5.54. The molecule has 5 heteroatoms. The van der Waals surface area contributed by atoms with Gasteiger partial charge in [0.2, 0.25) is 5.91 Å². The molecule has 0 aromatic carbocycles. The van der Waals surface area contributed by atoms with Gasteiger partial charge >= 0.3 is 0 Å². The second-order valence-electron chi connectivity index (χ2n) is 3.68.